The van der Waals surface area contributed by atoms with E-state index in [-0.39, 0.29) is 0 Å². The molecule has 1 aliphatic carbocycles. The van der Waals surface area contributed by atoms with Gasteiger partial charge in [-0.3, -0.25) is 4.79 Å². The van der Waals surface area contributed by atoms with Gasteiger partial charge >= 0.3 is 0 Å². The second kappa shape index (κ2) is 4.58. The average Bonchev–Trinajstić information content (AvgIpc) is 2.86. The van der Waals surface area contributed by atoms with Gasteiger partial charge in [0.25, 0.3) is 0 Å². The third kappa shape index (κ3) is 2.20. The minimum absolute atomic E-state index is 0.323. The van der Waals surface area contributed by atoms with Crippen molar-refractivity contribution >= 4 is 5.91 Å². The van der Waals surface area contributed by atoms with Crippen LogP contribution in [0.25, 0.3) is 0 Å². The molecule has 3 fully saturated rings. The predicted octanol–water partition coefficient (Wildman–Crippen LogP) is 0.609. The van der Waals surface area contributed by atoms with Gasteiger partial charge < -0.3 is 15.4 Å². The number of rotatable bonds is 2. The lowest BCUT2D eigenvalue weighted by Crippen LogP contribution is -2.51. The van der Waals surface area contributed by atoms with Gasteiger partial charge in [0, 0.05) is 38.8 Å². The largest absolute Gasteiger partial charge is 0.381 e. The molecule has 4 nitrogen and oxygen atoms in total. The third-order valence-corrected chi connectivity index (χ3v) is 4.75. The molecule has 17 heavy (non-hydrogen) atoms. The van der Waals surface area contributed by atoms with Crippen molar-refractivity contribution in [3.05, 3.63) is 0 Å². The quantitative estimate of drug-likeness (QED) is 0.767. The molecule has 2 N–H and O–H groups in total. The topological polar surface area (TPSA) is 55.6 Å². The highest BCUT2D eigenvalue weighted by Gasteiger charge is 2.41. The first-order valence-electron chi connectivity index (χ1n) is 6.85. The summed E-state index contributed by atoms with van der Waals surface area (Å²) in [6, 6.07) is 0.342. The molecule has 3 aliphatic rings. The number of ether oxygens (including phenoxy) is 1. The zero-order valence-corrected chi connectivity index (χ0v) is 10.3. The fourth-order valence-electron chi connectivity index (χ4n) is 3.59. The van der Waals surface area contributed by atoms with E-state index >= 15 is 0 Å². The standard InChI is InChI=1S/C13H22N2O2/c14-13-10-1-2-11(13)7-15(6-10)12(16)5-9-3-4-17-8-9/h9-11,13H,1-8,14H2/t9?,10-,11+,13?. The Morgan fingerprint density at radius 1 is 1.24 bits per heavy atom. The van der Waals surface area contributed by atoms with Gasteiger partial charge in [-0.05, 0) is 37.0 Å². The Morgan fingerprint density at radius 2 is 1.94 bits per heavy atom. The lowest BCUT2D eigenvalue weighted by molar-refractivity contribution is -0.134. The Morgan fingerprint density at radius 3 is 2.53 bits per heavy atom. The zero-order valence-electron chi connectivity index (χ0n) is 10.3. The molecule has 0 radical (unpaired) electrons. The first-order valence-corrected chi connectivity index (χ1v) is 6.85. The molecule has 0 aromatic carbocycles. The van der Waals surface area contributed by atoms with Gasteiger partial charge in [-0.25, -0.2) is 0 Å². The van der Waals surface area contributed by atoms with Crippen LogP contribution in [0.15, 0.2) is 0 Å². The number of carbonyl (C=O) groups is 1. The molecule has 0 spiro atoms. The molecule has 4 atom stereocenters. The molecule has 4 heteroatoms. The van der Waals surface area contributed by atoms with Gasteiger partial charge in [-0.2, -0.15) is 0 Å². The highest BCUT2D eigenvalue weighted by atomic mass is 16.5. The van der Waals surface area contributed by atoms with Crippen molar-refractivity contribution < 1.29 is 9.53 Å². The smallest absolute Gasteiger partial charge is 0.222 e. The lowest BCUT2D eigenvalue weighted by atomic mass is 9.92. The number of nitrogens with zero attached hydrogens (tertiary/aromatic N) is 1. The van der Waals surface area contributed by atoms with Gasteiger partial charge in [0.2, 0.25) is 5.91 Å². The lowest BCUT2D eigenvalue weighted by Gasteiger charge is -2.36. The van der Waals surface area contributed by atoms with Crippen molar-refractivity contribution in [2.24, 2.45) is 23.5 Å². The maximum absolute atomic E-state index is 12.2. The van der Waals surface area contributed by atoms with Crippen molar-refractivity contribution in [3.63, 3.8) is 0 Å². The summed E-state index contributed by atoms with van der Waals surface area (Å²) in [5, 5.41) is 0. The average molecular weight is 238 g/mol. The fraction of sp³-hybridized carbons (Fsp3) is 0.923. The molecule has 1 saturated carbocycles. The van der Waals surface area contributed by atoms with Crippen LogP contribution in [0.4, 0.5) is 0 Å². The molecule has 2 heterocycles. The number of hydrogen-bond acceptors (Lipinski definition) is 3. The van der Waals surface area contributed by atoms with Gasteiger partial charge in [0.1, 0.15) is 0 Å². The number of nitrogens with two attached hydrogens (primary N) is 1. The van der Waals surface area contributed by atoms with Crippen LogP contribution < -0.4 is 5.73 Å². The van der Waals surface area contributed by atoms with Crippen LogP contribution in [0.3, 0.4) is 0 Å². The summed E-state index contributed by atoms with van der Waals surface area (Å²) in [6.45, 7) is 3.38. The Balaban J connectivity index is 1.56. The molecular formula is C13H22N2O2. The molecule has 96 valence electrons. The molecule has 3 rings (SSSR count). The summed E-state index contributed by atoms with van der Waals surface area (Å²) in [6.07, 6.45) is 4.14. The van der Waals surface area contributed by atoms with Crippen LogP contribution in [0.2, 0.25) is 0 Å². The van der Waals surface area contributed by atoms with E-state index in [1.807, 2.05) is 0 Å². The van der Waals surface area contributed by atoms with E-state index < -0.39 is 0 Å². The summed E-state index contributed by atoms with van der Waals surface area (Å²) < 4.78 is 5.33. The molecule has 2 saturated heterocycles. The SMILES string of the molecule is NC1[C@@H]2CC[C@H]1CN(C(=O)CC1CCOC1)C2. The summed E-state index contributed by atoms with van der Waals surface area (Å²) in [7, 11) is 0. The molecule has 2 aliphatic heterocycles. The Bertz CT molecular complexity index is 288. The van der Waals surface area contributed by atoms with Crippen LogP contribution in [0.1, 0.15) is 25.7 Å². The number of likely N-dealkylation sites (tertiary alicyclic amines) is 1. The molecule has 0 aromatic rings. The molecule has 2 bridgehead atoms. The van der Waals surface area contributed by atoms with Crippen molar-refractivity contribution in [2.75, 3.05) is 26.3 Å². The Labute approximate surface area is 102 Å². The van der Waals surface area contributed by atoms with Gasteiger partial charge in [0.15, 0.2) is 0 Å². The van der Waals surface area contributed by atoms with Crippen LogP contribution in [0, 0.1) is 17.8 Å². The van der Waals surface area contributed by atoms with Crippen molar-refractivity contribution in [3.8, 4) is 0 Å². The fourth-order valence-corrected chi connectivity index (χ4v) is 3.59. The van der Waals surface area contributed by atoms with Gasteiger partial charge in [-0.15, -0.1) is 0 Å². The monoisotopic (exact) mass is 238 g/mol. The maximum atomic E-state index is 12.2. The normalized spacial score (nSPS) is 40.9. The van der Waals surface area contributed by atoms with Crippen molar-refractivity contribution in [1.82, 2.24) is 4.90 Å². The molecule has 0 aromatic heterocycles. The molecule has 1 amide bonds. The highest BCUT2D eigenvalue weighted by Crippen LogP contribution is 2.36. The number of carbonyl (C=O) groups excluding carboxylic acids is 1. The Hall–Kier alpha value is -0.610. The van der Waals surface area contributed by atoms with Gasteiger partial charge in [-0.1, -0.05) is 0 Å². The van der Waals surface area contributed by atoms with E-state index in [2.05, 4.69) is 4.90 Å². The first kappa shape index (κ1) is 11.5. The Kier molecular flexibility index (Phi) is 3.09. The van der Waals surface area contributed by atoms with E-state index in [0.29, 0.717) is 36.1 Å². The molecule has 2 unspecified atom stereocenters. The summed E-state index contributed by atoms with van der Waals surface area (Å²) >= 11 is 0. The highest BCUT2D eigenvalue weighted by molar-refractivity contribution is 5.76. The summed E-state index contributed by atoms with van der Waals surface area (Å²) in [4.78, 5) is 14.3. The second-order valence-electron chi connectivity index (χ2n) is 5.91. The molecular weight excluding hydrogens is 216 g/mol. The van der Waals surface area contributed by atoms with E-state index in [0.717, 1.165) is 32.7 Å². The van der Waals surface area contributed by atoms with Gasteiger partial charge in [0.05, 0.1) is 0 Å². The van der Waals surface area contributed by atoms with Crippen LogP contribution >= 0.6 is 0 Å². The zero-order chi connectivity index (χ0) is 11.8. The van der Waals surface area contributed by atoms with Crippen LogP contribution in [0.5, 0.6) is 0 Å². The van der Waals surface area contributed by atoms with E-state index in [4.69, 9.17) is 10.5 Å². The third-order valence-electron chi connectivity index (χ3n) is 4.75. The number of piperidine rings is 1. The van der Waals surface area contributed by atoms with Crippen molar-refractivity contribution in [1.29, 1.82) is 0 Å². The van der Waals surface area contributed by atoms with Crippen LogP contribution in [-0.2, 0) is 9.53 Å². The minimum Gasteiger partial charge on any atom is -0.381 e. The number of amides is 1. The van der Waals surface area contributed by atoms with Crippen LogP contribution in [-0.4, -0.2) is 43.2 Å². The first-order chi connectivity index (χ1) is 8.24. The number of fused-ring (bicyclic) bond motifs is 2. The summed E-state index contributed by atoms with van der Waals surface area (Å²) in [5.41, 5.74) is 6.15. The minimum atomic E-state index is 0.323. The number of hydrogen-bond donors (Lipinski definition) is 1. The summed E-state index contributed by atoms with van der Waals surface area (Å²) in [5.74, 6) is 1.88. The van der Waals surface area contributed by atoms with E-state index in [1.165, 1.54) is 12.8 Å². The van der Waals surface area contributed by atoms with E-state index in [1.54, 1.807) is 0 Å². The maximum Gasteiger partial charge on any atom is 0.222 e. The van der Waals surface area contributed by atoms with E-state index in [9.17, 15) is 4.79 Å². The van der Waals surface area contributed by atoms with Crippen molar-refractivity contribution in [2.45, 2.75) is 31.7 Å². The predicted molar refractivity (Wildman–Crippen MR) is 64.3 cm³/mol. The second-order valence-corrected chi connectivity index (χ2v) is 5.91.